The van der Waals surface area contributed by atoms with Gasteiger partial charge in [0.1, 0.15) is 0 Å². The average molecular weight is 193 g/mol. The molecule has 3 atom stereocenters. The van der Waals surface area contributed by atoms with Crippen LogP contribution in [0.5, 0.6) is 0 Å². The maximum absolute atomic E-state index is 3.62. The Morgan fingerprint density at radius 1 is 0.929 bits per heavy atom. The monoisotopic (exact) mass is 193 g/mol. The predicted molar refractivity (Wildman–Crippen MR) is 59.1 cm³/mol. The van der Waals surface area contributed by atoms with E-state index in [2.05, 4.69) is 12.4 Å². The molecular weight excluding hydrogens is 170 g/mol. The largest absolute Gasteiger partial charge is 0.316 e. The van der Waals surface area contributed by atoms with E-state index in [9.17, 15) is 0 Å². The molecule has 0 radical (unpaired) electrons. The van der Waals surface area contributed by atoms with E-state index in [1.165, 1.54) is 32.1 Å². The molecule has 0 aromatic rings. The van der Waals surface area contributed by atoms with Crippen LogP contribution in [0.15, 0.2) is 0 Å². The summed E-state index contributed by atoms with van der Waals surface area (Å²) in [6.07, 6.45) is 10.6. The molecule has 3 unspecified atom stereocenters. The Labute approximate surface area is 87.7 Å². The predicted octanol–water partition coefficient (Wildman–Crippen LogP) is 2.81. The molecular formula is C13H23N. The van der Waals surface area contributed by atoms with Crippen LogP contribution in [-0.2, 0) is 0 Å². The lowest BCUT2D eigenvalue weighted by molar-refractivity contribution is 0.209. The van der Waals surface area contributed by atoms with Gasteiger partial charge in [-0.25, -0.2) is 0 Å². The van der Waals surface area contributed by atoms with Crippen molar-refractivity contribution >= 4 is 0 Å². The molecule has 0 aromatic heterocycles. The third-order valence-electron chi connectivity index (χ3n) is 5.13. The molecule has 0 heterocycles. The van der Waals surface area contributed by atoms with Gasteiger partial charge in [0.05, 0.1) is 0 Å². The zero-order valence-corrected chi connectivity index (χ0v) is 9.34. The Morgan fingerprint density at radius 2 is 1.57 bits per heavy atom. The first-order valence-electron chi connectivity index (χ1n) is 6.59. The number of hydrogen-bond donors (Lipinski definition) is 1. The van der Waals surface area contributed by atoms with E-state index in [0.29, 0.717) is 0 Å². The molecule has 0 amide bonds. The second-order valence-corrected chi connectivity index (χ2v) is 5.69. The molecule has 1 N–H and O–H groups in total. The van der Waals surface area contributed by atoms with Gasteiger partial charge >= 0.3 is 0 Å². The van der Waals surface area contributed by atoms with E-state index in [4.69, 9.17) is 0 Å². The van der Waals surface area contributed by atoms with Crippen molar-refractivity contribution in [1.82, 2.24) is 5.32 Å². The van der Waals surface area contributed by atoms with Crippen molar-refractivity contribution in [2.75, 3.05) is 7.05 Å². The first kappa shape index (κ1) is 9.21. The zero-order valence-electron chi connectivity index (χ0n) is 9.34. The average Bonchev–Trinajstić information content (AvgIpc) is 2.85. The molecule has 3 aliphatic rings. The molecule has 0 spiro atoms. The molecule has 3 rings (SSSR count). The number of rotatable bonds is 3. The van der Waals surface area contributed by atoms with Gasteiger partial charge in [-0.2, -0.15) is 0 Å². The molecule has 3 fully saturated rings. The Morgan fingerprint density at radius 3 is 2.00 bits per heavy atom. The standard InChI is InChI=1S/C13H23N/c1-14-13(9-5-4-6-9)12-10-7-2-3-8-11(10)12/h9-14H,2-8H2,1H3. The van der Waals surface area contributed by atoms with Gasteiger partial charge in [0.2, 0.25) is 0 Å². The summed E-state index contributed by atoms with van der Waals surface area (Å²) in [6, 6.07) is 0.886. The third kappa shape index (κ3) is 1.32. The fraction of sp³-hybridized carbons (Fsp3) is 1.00. The van der Waals surface area contributed by atoms with Gasteiger partial charge in [0.25, 0.3) is 0 Å². The summed E-state index contributed by atoms with van der Waals surface area (Å²) >= 11 is 0. The lowest BCUT2D eigenvalue weighted by atomic mass is 9.77. The minimum Gasteiger partial charge on any atom is -0.316 e. The van der Waals surface area contributed by atoms with Crippen molar-refractivity contribution in [3.05, 3.63) is 0 Å². The second-order valence-electron chi connectivity index (χ2n) is 5.69. The van der Waals surface area contributed by atoms with Crippen molar-refractivity contribution in [2.45, 2.75) is 51.0 Å². The van der Waals surface area contributed by atoms with Crippen molar-refractivity contribution in [3.8, 4) is 0 Å². The zero-order chi connectivity index (χ0) is 9.54. The van der Waals surface area contributed by atoms with Crippen molar-refractivity contribution in [2.24, 2.45) is 23.7 Å². The van der Waals surface area contributed by atoms with Crippen LogP contribution in [0.3, 0.4) is 0 Å². The molecule has 14 heavy (non-hydrogen) atoms. The van der Waals surface area contributed by atoms with Crippen molar-refractivity contribution in [3.63, 3.8) is 0 Å². The fourth-order valence-corrected chi connectivity index (χ4v) is 4.12. The lowest BCUT2D eigenvalue weighted by Gasteiger charge is -2.34. The topological polar surface area (TPSA) is 12.0 Å². The quantitative estimate of drug-likeness (QED) is 0.727. The SMILES string of the molecule is CNC(C1CCC1)C1C2CCCCC21. The van der Waals surface area contributed by atoms with Gasteiger partial charge in [-0.05, 0) is 56.4 Å². The Bertz CT molecular complexity index is 197. The van der Waals surface area contributed by atoms with Crippen LogP contribution in [0.1, 0.15) is 44.9 Å². The molecule has 1 heteroatoms. The van der Waals surface area contributed by atoms with E-state index in [1.807, 2.05) is 0 Å². The van der Waals surface area contributed by atoms with E-state index >= 15 is 0 Å². The van der Waals surface area contributed by atoms with Crippen LogP contribution in [0.2, 0.25) is 0 Å². The summed E-state index contributed by atoms with van der Waals surface area (Å²) in [5.74, 6) is 4.37. The van der Waals surface area contributed by atoms with Crippen LogP contribution in [0.4, 0.5) is 0 Å². The molecule has 3 saturated carbocycles. The number of nitrogens with one attached hydrogen (secondary N) is 1. The second kappa shape index (κ2) is 3.52. The smallest absolute Gasteiger partial charge is 0.0126 e. The van der Waals surface area contributed by atoms with Gasteiger partial charge in [-0.1, -0.05) is 19.3 Å². The Hall–Kier alpha value is -0.0400. The lowest BCUT2D eigenvalue weighted by Crippen LogP contribution is -2.39. The van der Waals surface area contributed by atoms with E-state index < -0.39 is 0 Å². The highest BCUT2D eigenvalue weighted by Crippen LogP contribution is 2.59. The van der Waals surface area contributed by atoms with Gasteiger partial charge in [0.15, 0.2) is 0 Å². The maximum atomic E-state index is 3.62. The molecule has 80 valence electrons. The summed E-state index contributed by atoms with van der Waals surface area (Å²) in [5.41, 5.74) is 0. The highest BCUT2D eigenvalue weighted by molar-refractivity contribution is 5.06. The van der Waals surface area contributed by atoms with E-state index in [-0.39, 0.29) is 0 Å². The van der Waals surface area contributed by atoms with Gasteiger partial charge in [-0.15, -0.1) is 0 Å². The van der Waals surface area contributed by atoms with Gasteiger partial charge in [0, 0.05) is 6.04 Å². The minimum absolute atomic E-state index is 0.886. The summed E-state index contributed by atoms with van der Waals surface area (Å²) in [6.45, 7) is 0. The number of fused-ring (bicyclic) bond motifs is 1. The van der Waals surface area contributed by atoms with E-state index in [1.54, 1.807) is 12.8 Å². The highest BCUT2D eigenvalue weighted by atomic mass is 14.9. The van der Waals surface area contributed by atoms with E-state index in [0.717, 1.165) is 29.7 Å². The van der Waals surface area contributed by atoms with Crippen LogP contribution >= 0.6 is 0 Å². The normalized spacial score (nSPS) is 43.9. The summed E-state index contributed by atoms with van der Waals surface area (Å²) in [4.78, 5) is 0. The molecule has 3 aliphatic carbocycles. The van der Waals surface area contributed by atoms with Gasteiger partial charge in [-0.3, -0.25) is 0 Å². The molecule has 0 bridgehead atoms. The van der Waals surface area contributed by atoms with Crippen molar-refractivity contribution < 1.29 is 0 Å². The first-order valence-corrected chi connectivity index (χ1v) is 6.59. The number of hydrogen-bond acceptors (Lipinski definition) is 1. The fourth-order valence-electron chi connectivity index (χ4n) is 4.12. The molecule has 0 aliphatic heterocycles. The Balaban J connectivity index is 1.63. The van der Waals surface area contributed by atoms with Crippen LogP contribution in [0.25, 0.3) is 0 Å². The summed E-state index contributed by atoms with van der Waals surface area (Å²) < 4.78 is 0. The highest BCUT2D eigenvalue weighted by Gasteiger charge is 2.55. The first-order chi connectivity index (χ1) is 6.92. The van der Waals surface area contributed by atoms with Gasteiger partial charge < -0.3 is 5.32 Å². The minimum atomic E-state index is 0.886. The van der Waals surface area contributed by atoms with Crippen LogP contribution < -0.4 is 5.32 Å². The maximum Gasteiger partial charge on any atom is 0.0126 e. The third-order valence-corrected chi connectivity index (χ3v) is 5.13. The molecule has 0 saturated heterocycles. The van der Waals surface area contributed by atoms with Crippen LogP contribution in [0, 0.1) is 23.7 Å². The van der Waals surface area contributed by atoms with Crippen molar-refractivity contribution in [1.29, 1.82) is 0 Å². The van der Waals surface area contributed by atoms with Crippen LogP contribution in [-0.4, -0.2) is 13.1 Å². The Kier molecular flexibility index (Phi) is 2.31. The summed E-state index contributed by atoms with van der Waals surface area (Å²) in [7, 11) is 2.19. The summed E-state index contributed by atoms with van der Waals surface area (Å²) in [5, 5.41) is 3.62. The molecule has 1 nitrogen and oxygen atoms in total. The molecule has 0 aromatic carbocycles.